The van der Waals surface area contributed by atoms with Crippen LogP contribution in [0.4, 0.5) is 0 Å². The zero-order valence-electron chi connectivity index (χ0n) is 22.1. The molecule has 1 saturated carbocycles. The molecule has 4 nitrogen and oxygen atoms in total. The minimum atomic E-state index is -0.907. The first-order chi connectivity index (χ1) is 17.5. The zero-order chi connectivity index (χ0) is 26.6. The fourth-order valence-electron chi connectivity index (χ4n) is 4.64. The molecule has 0 spiro atoms. The number of aromatic nitrogens is 1. The molecule has 196 valence electrons. The van der Waals surface area contributed by atoms with Crippen molar-refractivity contribution in [3.8, 4) is 0 Å². The summed E-state index contributed by atoms with van der Waals surface area (Å²) in [4.78, 5) is 16.3. The van der Waals surface area contributed by atoms with Gasteiger partial charge >= 0.3 is 5.97 Å². The maximum absolute atomic E-state index is 11.6. The topological polar surface area (TPSA) is 70.4 Å². The average Bonchev–Trinajstić information content (AvgIpc) is 3.41. The predicted octanol–water partition coefficient (Wildman–Crippen LogP) is 8.08. The number of hydrogen-bond acceptors (Lipinski definition) is 5. The molecule has 1 aromatic heterocycles. The molecule has 0 saturated heterocycles. The Balaban J connectivity index is 1.57. The Morgan fingerprint density at radius 2 is 1.92 bits per heavy atom. The third kappa shape index (κ3) is 7.56. The Morgan fingerprint density at radius 1 is 1.16 bits per heavy atom. The van der Waals surface area contributed by atoms with Crippen molar-refractivity contribution in [2.75, 3.05) is 0 Å². The van der Waals surface area contributed by atoms with Crippen molar-refractivity contribution in [3.05, 3.63) is 86.9 Å². The van der Waals surface area contributed by atoms with Crippen LogP contribution in [0.2, 0.25) is 0 Å². The highest BCUT2D eigenvalue weighted by atomic mass is 32.2. The highest BCUT2D eigenvalue weighted by molar-refractivity contribution is 8.01. The van der Waals surface area contributed by atoms with Gasteiger partial charge in [-0.05, 0) is 73.8 Å². The summed E-state index contributed by atoms with van der Waals surface area (Å²) in [6.45, 7) is 7.96. The number of thioether (sulfide) groups is 1. The molecule has 1 heterocycles. The van der Waals surface area contributed by atoms with Crippen LogP contribution >= 0.6 is 23.1 Å². The number of carboxylic acid groups (broad SMARTS) is 1. The number of hydrogen-bond donors (Lipinski definition) is 2. The monoisotopic (exact) mass is 535 g/mol. The summed E-state index contributed by atoms with van der Waals surface area (Å²) in [6.07, 6.45) is 7.97. The van der Waals surface area contributed by atoms with Gasteiger partial charge in [-0.2, -0.15) is 0 Å². The Morgan fingerprint density at radius 3 is 2.57 bits per heavy atom. The zero-order valence-corrected chi connectivity index (χ0v) is 23.7. The van der Waals surface area contributed by atoms with Crippen LogP contribution in [-0.4, -0.2) is 25.9 Å². The van der Waals surface area contributed by atoms with Crippen molar-refractivity contribution in [3.63, 3.8) is 0 Å². The van der Waals surface area contributed by atoms with Gasteiger partial charge in [0.05, 0.1) is 17.7 Å². The van der Waals surface area contributed by atoms with Gasteiger partial charge in [-0.25, -0.2) is 4.98 Å². The SMILES string of the molecule is CC(C)c1csc(/C=C/c2cccc(C(CCc3ccccc3C(C)(C)O)SC3(CC(=O)O)CC3)c2)n1. The van der Waals surface area contributed by atoms with Crippen LogP contribution in [0, 0.1) is 0 Å². The first-order valence-electron chi connectivity index (χ1n) is 13.0. The van der Waals surface area contributed by atoms with Gasteiger partial charge in [0.15, 0.2) is 0 Å². The third-order valence-corrected chi connectivity index (χ3v) is 9.53. The number of rotatable bonds is 12. The first-order valence-corrected chi connectivity index (χ1v) is 14.7. The molecule has 1 unspecified atom stereocenters. The van der Waals surface area contributed by atoms with Crippen LogP contribution < -0.4 is 0 Å². The normalized spacial score (nSPS) is 15.8. The Bertz CT molecular complexity index is 1250. The summed E-state index contributed by atoms with van der Waals surface area (Å²) < 4.78 is -0.174. The van der Waals surface area contributed by atoms with Crippen LogP contribution in [0.15, 0.2) is 53.9 Å². The van der Waals surface area contributed by atoms with Gasteiger partial charge in [0.2, 0.25) is 0 Å². The van der Waals surface area contributed by atoms with E-state index < -0.39 is 11.6 Å². The molecule has 1 fully saturated rings. The number of thiazole rings is 1. The van der Waals surface area contributed by atoms with E-state index in [2.05, 4.69) is 61.7 Å². The van der Waals surface area contributed by atoms with E-state index in [1.165, 1.54) is 5.56 Å². The van der Waals surface area contributed by atoms with Gasteiger partial charge in [-0.1, -0.05) is 68.5 Å². The van der Waals surface area contributed by atoms with E-state index >= 15 is 0 Å². The summed E-state index contributed by atoms with van der Waals surface area (Å²) in [5.74, 6) is -0.307. The van der Waals surface area contributed by atoms with Crippen molar-refractivity contribution in [2.45, 2.75) is 81.3 Å². The summed E-state index contributed by atoms with van der Waals surface area (Å²) in [7, 11) is 0. The first kappa shape index (κ1) is 27.6. The fourth-order valence-corrected chi connectivity index (χ4v) is 7.18. The van der Waals surface area contributed by atoms with E-state index in [0.29, 0.717) is 5.92 Å². The number of benzene rings is 2. The number of carboxylic acids is 1. The van der Waals surface area contributed by atoms with Crippen molar-refractivity contribution >= 4 is 41.2 Å². The highest BCUT2D eigenvalue weighted by Crippen LogP contribution is 2.57. The van der Waals surface area contributed by atoms with Gasteiger partial charge in [0.25, 0.3) is 0 Å². The summed E-state index contributed by atoms with van der Waals surface area (Å²) in [5.41, 5.74) is 4.64. The van der Waals surface area contributed by atoms with Crippen molar-refractivity contribution in [2.24, 2.45) is 0 Å². The van der Waals surface area contributed by atoms with Gasteiger partial charge in [0.1, 0.15) is 5.01 Å². The molecule has 1 atom stereocenters. The molecule has 1 aliphatic carbocycles. The van der Waals surface area contributed by atoms with Gasteiger partial charge < -0.3 is 10.2 Å². The number of nitrogens with zero attached hydrogens (tertiary/aromatic N) is 1. The van der Waals surface area contributed by atoms with Crippen LogP contribution in [0.25, 0.3) is 12.2 Å². The number of aryl methyl sites for hydroxylation is 1. The lowest BCUT2D eigenvalue weighted by Gasteiger charge is -2.25. The number of carbonyl (C=O) groups is 1. The molecular formula is C31H37NO3S2. The molecule has 2 aromatic carbocycles. The van der Waals surface area contributed by atoms with E-state index in [1.54, 1.807) is 11.3 Å². The van der Waals surface area contributed by atoms with E-state index in [1.807, 2.05) is 43.8 Å². The van der Waals surface area contributed by atoms with E-state index in [9.17, 15) is 15.0 Å². The van der Waals surface area contributed by atoms with E-state index in [0.717, 1.165) is 53.1 Å². The molecule has 3 aromatic rings. The lowest BCUT2D eigenvalue weighted by Crippen LogP contribution is -2.18. The second kappa shape index (κ2) is 11.5. The van der Waals surface area contributed by atoms with Crippen molar-refractivity contribution < 1.29 is 15.0 Å². The Labute approximate surface area is 228 Å². The maximum Gasteiger partial charge on any atom is 0.304 e. The van der Waals surface area contributed by atoms with Crippen LogP contribution in [0.3, 0.4) is 0 Å². The summed E-state index contributed by atoms with van der Waals surface area (Å²) in [5, 5.41) is 23.5. The molecule has 0 aliphatic heterocycles. The molecule has 0 bridgehead atoms. The lowest BCUT2D eigenvalue weighted by molar-refractivity contribution is -0.137. The minimum Gasteiger partial charge on any atom is -0.481 e. The molecule has 6 heteroatoms. The van der Waals surface area contributed by atoms with Crippen LogP contribution in [0.1, 0.15) is 97.5 Å². The summed E-state index contributed by atoms with van der Waals surface area (Å²) >= 11 is 3.48. The van der Waals surface area contributed by atoms with Gasteiger partial charge in [-0.15, -0.1) is 23.1 Å². The number of aliphatic hydroxyl groups is 1. The van der Waals surface area contributed by atoms with Crippen molar-refractivity contribution in [1.29, 1.82) is 0 Å². The highest BCUT2D eigenvalue weighted by Gasteiger charge is 2.47. The molecule has 0 radical (unpaired) electrons. The standard InChI is InChI=1S/C31H37NO3S2/c1-21(2)26-20-36-28(32-26)15-12-22-8-7-10-24(18-22)27(37-31(16-17-31)19-29(33)34)14-13-23-9-5-6-11-25(23)30(3,4)35/h5-12,15,18,20-21,27,35H,13-14,16-17,19H2,1-4H3,(H,33,34)/b15-12+. The molecule has 0 amide bonds. The summed E-state index contributed by atoms with van der Waals surface area (Å²) in [6, 6.07) is 16.7. The third-order valence-electron chi connectivity index (χ3n) is 6.86. The smallest absolute Gasteiger partial charge is 0.304 e. The second-order valence-corrected chi connectivity index (χ2v) is 13.4. The largest absolute Gasteiger partial charge is 0.481 e. The molecule has 4 rings (SSSR count). The van der Waals surface area contributed by atoms with E-state index in [4.69, 9.17) is 4.98 Å². The molecule has 2 N–H and O–H groups in total. The Kier molecular flexibility index (Phi) is 8.62. The number of aliphatic carboxylic acids is 1. The Hall–Kier alpha value is -2.41. The average molecular weight is 536 g/mol. The van der Waals surface area contributed by atoms with Gasteiger partial charge in [0, 0.05) is 15.4 Å². The minimum absolute atomic E-state index is 0.164. The fraction of sp³-hybridized carbons (Fsp3) is 0.419. The second-order valence-electron chi connectivity index (χ2n) is 10.9. The molecular weight excluding hydrogens is 498 g/mol. The van der Waals surface area contributed by atoms with Crippen LogP contribution in [0.5, 0.6) is 0 Å². The predicted molar refractivity (Wildman–Crippen MR) is 156 cm³/mol. The molecule has 1 aliphatic rings. The van der Waals surface area contributed by atoms with Crippen LogP contribution in [-0.2, 0) is 16.8 Å². The quantitative estimate of drug-likeness (QED) is 0.245. The molecule has 37 heavy (non-hydrogen) atoms. The maximum atomic E-state index is 11.6. The van der Waals surface area contributed by atoms with E-state index in [-0.39, 0.29) is 16.4 Å². The van der Waals surface area contributed by atoms with Gasteiger partial charge in [-0.3, -0.25) is 4.79 Å². The van der Waals surface area contributed by atoms with Crippen molar-refractivity contribution in [1.82, 2.24) is 4.98 Å². The lowest BCUT2D eigenvalue weighted by atomic mass is 9.90.